The Bertz CT molecular complexity index is 805. The van der Waals surface area contributed by atoms with E-state index in [9.17, 15) is 0 Å². The van der Waals surface area contributed by atoms with Gasteiger partial charge in [0.25, 0.3) is 0 Å². The van der Waals surface area contributed by atoms with Gasteiger partial charge >= 0.3 is 0 Å². The molecule has 0 atom stereocenters. The first-order valence-electron chi connectivity index (χ1n) is 7.60. The number of hydrogen-bond donors (Lipinski definition) is 3. The molecule has 1 aromatic carbocycles. The zero-order valence-electron chi connectivity index (χ0n) is 13.0. The molecule has 7 heteroatoms. The van der Waals surface area contributed by atoms with Crippen LogP contribution in [-0.4, -0.2) is 23.1 Å². The number of nitrogens with two attached hydrogens (primary N) is 1. The quantitative estimate of drug-likeness (QED) is 0.523. The summed E-state index contributed by atoms with van der Waals surface area (Å²) in [6.07, 6.45) is 1.77. The van der Waals surface area contributed by atoms with Crippen LogP contribution >= 0.6 is 27.3 Å². The minimum absolute atomic E-state index is 0.587. The van der Waals surface area contributed by atoms with Crippen molar-refractivity contribution >= 4 is 38.9 Å². The molecule has 0 bridgehead atoms. The Hall–Kier alpha value is -1.80. The first-order valence-corrected chi connectivity index (χ1v) is 9.21. The van der Waals surface area contributed by atoms with Crippen LogP contribution in [0.25, 0.3) is 10.6 Å². The van der Waals surface area contributed by atoms with Crippen molar-refractivity contribution < 1.29 is 0 Å². The van der Waals surface area contributed by atoms with Crippen LogP contribution in [-0.2, 0) is 6.54 Å². The van der Waals surface area contributed by atoms with Crippen molar-refractivity contribution in [2.45, 2.75) is 6.54 Å². The van der Waals surface area contributed by atoms with Crippen LogP contribution < -0.4 is 16.4 Å². The van der Waals surface area contributed by atoms with Crippen molar-refractivity contribution in [3.63, 3.8) is 0 Å². The summed E-state index contributed by atoms with van der Waals surface area (Å²) >= 11 is 5.13. The number of hydrogen-bond acceptors (Lipinski definition) is 6. The van der Waals surface area contributed by atoms with E-state index in [2.05, 4.69) is 48.7 Å². The van der Waals surface area contributed by atoms with Crippen LogP contribution in [0, 0.1) is 0 Å². The number of thiophene rings is 1. The van der Waals surface area contributed by atoms with Gasteiger partial charge in [-0.2, -0.15) is 0 Å². The first kappa shape index (κ1) is 17.0. The van der Waals surface area contributed by atoms with Gasteiger partial charge in [-0.05, 0) is 51.8 Å². The Kier molecular flexibility index (Phi) is 5.92. The number of halogens is 1. The second-order valence-corrected chi connectivity index (χ2v) is 7.62. The van der Waals surface area contributed by atoms with E-state index in [-0.39, 0.29) is 0 Å². The lowest BCUT2D eigenvalue weighted by Gasteiger charge is -2.08. The molecular weight excluding hydrogens is 386 g/mol. The summed E-state index contributed by atoms with van der Waals surface area (Å²) in [5, 5.41) is 6.56. The smallest absolute Gasteiger partial charge is 0.227 e. The number of aromatic nitrogens is 2. The summed E-state index contributed by atoms with van der Waals surface area (Å²) in [7, 11) is 0. The molecule has 0 saturated carbocycles. The van der Waals surface area contributed by atoms with E-state index < -0.39 is 0 Å². The Labute approximate surface area is 153 Å². The Balaban J connectivity index is 1.73. The molecule has 0 saturated heterocycles. The average Bonchev–Trinajstić information content (AvgIpc) is 3.02. The molecule has 2 aromatic heterocycles. The van der Waals surface area contributed by atoms with E-state index in [4.69, 9.17) is 5.73 Å². The predicted molar refractivity (Wildman–Crippen MR) is 104 cm³/mol. The van der Waals surface area contributed by atoms with Gasteiger partial charge in [0.1, 0.15) is 0 Å². The molecule has 0 fully saturated rings. The molecule has 3 rings (SSSR count). The zero-order chi connectivity index (χ0) is 16.8. The van der Waals surface area contributed by atoms with E-state index in [1.807, 2.05) is 30.3 Å². The summed E-state index contributed by atoms with van der Waals surface area (Å²) in [6, 6.07) is 14.2. The zero-order valence-corrected chi connectivity index (χ0v) is 15.4. The third-order valence-corrected chi connectivity index (χ3v) is 4.96. The fraction of sp³-hybridized carbons (Fsp3) is 0.176. The van der Waals surface area contributed by atoms with E-state index in [0.29, 0.717) is 12.5 Å². The van der Waals surface area contributed by atoms with Crippen molar-refractivity contribution in [2.75, 3.05) is 18.4 Å². The van der Waals surface area contributed by atoms with Gasteiger partial charge in [-0.25, -0.2) is 9.97 Å². The number of nitrogens with zero attached hydrogens (tertiary/aromatic N) is 2. The van der Waals surface area contributed by atoms with Crippen LogP contribution in [0.2, 0.25) is 0 Å². The van der Waals surface area contributed by atoms with Crippen molar-refractivity contribution in [2.24, 2.45) is 5.73 Å². The van der Waals surface area contributed by atoms with Crippen molar-refractivity contribution in [3.05, 3.63) is 58.0 Å². The van der Waals surface area contributed by atoms with E-state index in [1.165, 1.54) is 5.56 Å². The molecule has 5 nitrogen and oxygen atoms in total. The largest absolute Gasteiger partial charge is 0.329 e. The molecular formula is C17H18BrN5S. The highest BCUT2D eigenvalue weighted by atomic mass is 79.9. The second-order valence-electron chi connectivity index (χ2n) is 5.16. The van der Waals surface area contributed by atoms with E-state index >= 15 is 0 Å². The molecule has 3 aromatic rings. The third kappa shape index (κ3) is 4.61. The number of nitrogens with one attached hydrogen (secondary N) is 2. The van der Waals surface area contributed by atoms with Gasteiger partial charge in [-0.3, -0.25) is 0 Å². The van der Waals surface area contributed by atoms with Crippen molar-refractivity contribution in [1.82, 2.24) is 15.3 Å². The fourth-order valence-corrected chi connectivity index (χ4v) is 3.59. The molecule has 0 aliphatic carbocycles. The highest BCUT2D eigenvalue weighted by Gasteiger charge is 2.05. The minimum atomic E-state index is 0.587. The topological polar surface area (TPSA) is 75.9 Å². The van der Waals surface area contributed by atoms with Crippen LogP contribution in [0.1, 0.15) is 5.56 Å². The molecule has 0 spiro atoms. The van der Waals surface area contributed by atoms with Gasteiger partial charge in [0.15, 0.2) is 0 Å². The van der Waals surface area contributed by atoms with Gasteiger partial charge < -0.3 is 16.4 Å². The van der Waals surface area contributed by atoms with Crippen LogP contribution in [0.3, 0.4) is 0 Å². The normalized spacial score (nSPS) is 10.8. The lowest BCUT2D eigenvalue weighted by atomic mass is 10.2. The molecule has 4 N–H and O–H groups in total. The van der Waals surface area contributed by atoms with Crippen molar-refractivity contribution in [3.8, 4) is 10.6 Å². The SMILES string of the molecule is NCCNCc1cccc(Nc2nccc(-c3ccc(Br)s3)n2)c1. The van der Waals surface area contributed by atoms with Gasteiger partial charge in [0.2, 0.25) is 5.95 Å². The molecule has 0 aliphatic heterocycles. The number of rotatable bonds is 7. The number of anilines is 2. The summed E-state index contributed by atoms with van der Waals surface area (Å²) < 4.78 is 1.09. The van der Waals surface area contributed by atoms with E-state index in [1.54, 1.807) is 17.5 Å². The highest BCUT2D eigenvalue weighted by Crippen LogP contribution is 2.30. The maximum Gasteiger partial charge on any atom is 0.227 e. The third-order valence-electron chi connectivity index (χ3n) is 3.31. The molecule has 124 valence electrons. The monoisotopic (exact) mass is 403 g/mol. The fourth-order valence-electron chi connectivity index (χ4n) is 2.23. The predicted octanol–water partition coefficient (Wildman–Crippen LogP) is 3.76. The van der Waals surface area contributed by atoms with Crippen molar-refractivity contribution in [1.29, 1.82) is 0 Å². The van der Waals surface area contributed by atoms with E-state index in [0.717, 1.165) is 33.1 Å². The second kappa shape index (κ2) is 8.34. The Morgan fingerprint density at radius 2 is 2.08 bits per heavy atom. The van der Waals surface area contributed by atoms with Crippen LogP contribution in [0.15, 0.2) is 52.4 Å². The maximum atomic E-state index is 5.49. The molecule has 0 amide bonds. The summed E-state index contributed by atoms with van der Waals surface area (Å²) in [4.78, 5) is 10.0. The van der Waals surface area contributed by atoms with Gasteiger partial charge in [-0.1, -0.05) is 12.1 Å². The number of benzene rings is 1. The lowest BCUT2D eigenvalue weighted by molar-refractivity contribution is 0.695. The molecule has 2 heterocycles. The minimum Gasteiger partial charge on any atom is -0.329 e. The highest BCUT2D eigenvalue weighted by molar-refractivity contribution is 9.11. The summed E-state index contributed by atoms with van der Waals surface area (Å²) in [5.41, 5.74) is 8.55. The molecule has 24 heavy (non-hydrogen) atoms. The molecule has 0 unspecified atom stereocenters. The summed E-state index contributed by atoms with van der Waals surface area (Å²) in [5.74, 6) is 0.587. The first-order chi connectivity index (χ1) is 11.7. The van der Waals surface area contributed by atoms with Gasteiger partial charge in [0.05, 0.1) is 14.4 Å². The van der Waals surface area contributed by atoms with Gasteiger partial charge in [0, 0.05) is 31.5 Å². The van der Waals surface area contributed by atoms with Crippen LogP contribution in [0.4, 0.5) is 11.6 Å². The average molecular weight is 404 g/mol. The van der Waals surface area contributed by atoms with Gasteiger partial charge in [-0.15, -0.1) is 11.3 Å². The standard InChI is InChI=1S/C17H18BrN5S/c18-16-5-4-15(24-16)14-6-8-21-17(23-14)22-13-3-1-2-12(10-13)11-20-9-7-19/h1-6,8,10,20H,7,9,11,19H2,(H,21,22,23). The lowest BCUT2D eigenvalue weighted by Crippen LogP contribution is -2.21. The van der Waals surface area contributed by atoms with Crippen LogP contribution in [0.5, 0.6) is 0 Å². The molecule has 0 radical (unpaired) electrons. The Morgan fingerprint density at radius 3 is 2.88 bits per heavy atom. The summed E-state index contributed by atoms with van der Waals surface area (Å²) in [6.45, 7) is 2.23. The molecule has 0 aliphatic rings. The Morgan fingerprint density at radius 1 is 1.17 bits per heavy atom. The maximum absolute atomic E-state index is 5.49.